The van der Waals surface area contributed by atoms with Gasteiger partial charge in [0.05, 0.1) is 36.4 Å². The molecular formula is C16H21N3O4S. The molecule has 0 aromatic carbocycles. The van der Waals surface area contributed by atoms with Crippen molar-refractivity contribution in [2.24, 2.45) is 0 Å². The minimum Gasteiger partial charge on any atom is -0.463 e. The molecule has 0 radical (unpaired) electrons. The number of nitrogens with one attached hydrogen (secondary N) is 2. The molecule has 3 rings (SSSR count). The van der Waals surface area contributed by atoms with E-state index in [1.165, 1.54) is 0 Å². The molecule has 2 amide bonds. The number of hydrogen-bond acceptors (Lipinski definition) is 6. The SMILES string of the molecule is CCOC(=O)C1=C(C)NC(=O)NC1c1ccc(N2CCOCC2)s1. The van der Waals surface area contributed by atoms with Gasteiger partial charge >= 0.3 is 12.0 Å². The highest BCUT2D eigenvalue weighted by molar-refractivity contribution is 7.16. The molecule has 1 aromatic heterocycles. The third kappa shape index (κ3) is 3.39. The van der Waals surface area contributed by atoms with Crippen LogP contribution in [0.15, 0.2) is 23.4 Å². The summed E-state index contributed by atoms with van der Waals surface area (Å²) in [6, 6.07) is 3.18. The van der Waals surface area contributed by atoms with E-state index < -0.39 is 12.0 Å². The van der Waals surface area contributed by atoms with Crippen molar-refractivity contribution in [3.63, 3.8) is 0 Å². The van der Waals surface area contributed by atoms with Gasteiger partial charge in [-0.1, -0.05) is 0 Å². The lowest BCUT2D eigenvalue weighted by Gasteiger charge is -2.28. The zero-order valence-corrected chi connectivity index (χ0v) is 14.6. The standard InChI is InChI=1S/C16H21N3O4S/c1-3-23-15(20)13-10(2)17-16(21)18-14(13)11-4-5-12(24-11)19-6-8-22-9-7-19/h4-5,14H,3,6-9H2,1-2H3,(H2,17,18,21). The Bertz CT molecular complexity index is 664. The molecule has 8 heteroatoms. The van der Waals surface area contributed by atoms with Crippen LogP contribution in [-0.4, -0.2) is 44.9 Å². The number of morpholine rings is 1. The highest BCUT2D eigenvalue weighted by atomic mass is 32.1. The number of carbonyl (C=O) groups excluding carboxylic acids is 2. The predicted molar refractivity (Wildman–Crippen MR) is 91.1 cm³/mol. The molecule has 1 fully saturated rings. The predicted octanol–water partition coefficient (Wildman–Crippen LogP) is 1.78. The monoisotopic (exact) mass is 351 g/mol. The van der Waals surface area contributed by atoms with Crippen LogP contribution in [0.2, 0.25) is 0 Å². The first-order chi connectivity index (χ1) is 11.6. The van der Waals surface area contributed by atoms with Crippen molar-refractivity contribution >= 4 is 28.3 Å². The average molecular weight is 351 g/mol. The number of anilines is 1. The maximum Gasteiger partial charge on any atom is 0.338 e. The van der Waals surface area contributed by atoms with E-state index in [9.17, 15) is 9.59 Å². The molecule has 0 spiro atoms. The number of thiophene rings is 1. The Labute approximate surface area is 144 Å². The number of hydrogen-bond donors (Lipinski definition) is 2. The molecule has 130 valence electrons. The summed E-state index contributed by atoms with van der Waals surface area (Å²) >= 11 is 1.58. The van der Waals surface area contributed by atoms with E-state index in [2.05, 4.69) is 15.5 Å². The molecule has 0 saturated carbocycles. The normalized spacial score (nSPS) is 21.3. The van der Waals surface area contributed by atoms with Crippen LogP contribution in [0.4, 0.5) is 9.80 Å². The van der Waals surface area contributed by atoms with Crippen LogP contribution in [0.3, 0.4) is 0 Å². The van der Waals surface area contributed by atoms with E-state index >= 15 is 0 Å². The van der Waals surface area contributed by atoms with Crippen molar-refractivity contribution in [1.82, 2.24) is 10.6 Å². The van der Waals surface area contributed by atoms with Gasteiger partial charge in [-0.2, -0.15) is 0 Å². The Balaban J connectivity index is 1.88. The summed E-state index contributed by atoms with van der Waals surface area (Å²) in [5, 5.41) is 6.59. The van der Waals surface area contributed by atoms with Crippen molar-refractivity contribution in [2.75, 3.05) is 37.8 Å². The first-order valence-electron chi connectivity index (χ1n) is 7.98. The lowest BCUT2D eigenvalue weighted by molar-refractivity contribution is -0.139. The topological polar surface area (TPSA) is 79.9 Å². The fourth-order valence-corrected chi connectivity index (χ4v) is 3.96. The molecule has 3 heterocycles. The Morgan fingerprint density at radius 2 is 2.17 bits per heavy atom. The van der Waals surface area contributed by atoms with E-state index in [1.54, 1.807) is 25.2 Å². The van der Waals surface area contributed by atoms with Crippen molar-refractivity contribution in [1.29, 1.82) is 0 Å². The van der Waals surface area contributed by atoms with Crippen LogP contribution < -0.4 is 15.5 Å². The largest absolute Gasteiger partial charge is 0.463 e. The summed E-state index contributed by atoms with van der Waals surface area (Å²) in [4.78, 5) is 27.3. The Morgan fingerprint density at radius 3 is 2.88 bits per heavy atom. The van der Waals surface area contributed by atoms with Crippen LogP contribution in [-0.2, 0) is 14.3 Å². The number of ether oxygens (including phenoxy) is 2. The van der Waals surface area contributed by atoms with Gasteiger partial charge in [-0.15, -0.1) is 11.3 Å². The third-order valence-electron chi connectivity index (χ3n) is 3.98. The lowest BCUT2D eigenvalue weighted by Crippen LogP contribution is -2.45. The smallest absolute Gasteiger partial charge is 0.338 e. The molecule has 1 saturated heterocycles. The number of nitrogens with zero attached hydrogens (tertiary/aromatic N) is 1. The fourth-order valence-electron chi connectivity index (χ4n) is 2.84. The number of urea groups is 1. The van der Waals surface area contributed by atoms with Crippen molar-refractivity contribution in [3.05, 3.63) is 28.3 Å². The summed E-state index contributed by atoms with van der Waals surface area (Å²) in [6.07, 6.45) is 0. The second-order valence-electron chi connectivity index (χ2n) is 5.57. The molecule has 2 N–H and O–H groups in total. The molecule has 1 aromatic rings. The fraction of sp³-hybridized carbons (Fsp3) is 0.500. The first-order valence-corrected chi connectivity index (χ1v) is 8.79. The maximum absolute atomic E-state index is 12.3. The van der Waals surface area contributed by atoms with Gasteiger partial charge in [-0.3, -0.25) is 0 Å². The molecule has 2 aliphatic rings. The number of carbonyl (C=O) groups is 2. The summed E-state index contributed by atoms with van der Waals surface area (Å²) in [7, 11) is 0. The first kappa shape index (κ1) is 16.8. The van der Waals surface area contributed by atoms with Gasteiger partial charge in [0.1, 0.15) is 0 Å². The van der Waals surface area contributed by atoms with Gasteiger partial charge < -0.3 is 25.0 Å². The molecule has 2 aliphatic heterocycles. The molecule has 1 unspecified atom stereocenters. The summed E-state index contributed by atoms with van der Waals surface area (Å²) < 4.78 is 10.5. The average Bonchev–Trinajstić information content (AvgIpc) is 3.05. The quantitative estimate of drug-likeness (QED) is 0.808. The zero-order chi connectivity index (χ0) is 17.1. The highest BCUT2D eigenvalue weighted by Gasteiger charge is 2.33. The van der Waals surface area contributed by atoms with Crippen LogP contribution in [0.25, 0.3) is 0 Å². The van der Waals surface area contributed by atoms with Crippen LogP contribution in [0.1, 0.15) is 24.8 Å². The minimum atomic E-state index is -0.488. The van der Waals surface area contributed by atoms with E-state index in [0.717, 1.165) is 23.0 Å². The Hall–Kier alpha value is -2.06. The van der Waals surface area contributed by atoms with Crippen LogP contribution in [0, 0.1) is 0 Å². The number of allylic oxidation sites excluding steroid dienone is 1. The minimum absolute atomic E-state index is 0.291. The van der Waals surface area contributed by atoms with Gasteiger partial charge in [-0.05, 0) is 26.0 Å². The molecular weight excluding hydrogens is 330 g/mol. The summed E-state index contributed by atoms with van der Waals surface area (Å²) in [6.45, 7) is 6.89. The van der Waals surface area contributed by atoms with E-state index in [0.29, 0.717) is 31.1 Å². The van der Waals surface area contributed by atoms with Gasteiger partial charge in [0, 0.05) is 23.7 Å². The molecule has 1 atom stereocenters. The van der Waals surface area contributed by atoms with Gasteiger partial charge in [0.2, 0.25) is 0 Å². The third-order valence-corrected chi connectivity index (χ3v) is 5.20. The molecule has 0 aliphatic carbocycles. The highest BCUT2D eigenvalue weighted by Crippen LogP contribution is 2.36. The summed E-state index contributed by atoms with van der Waals surface area (Å²) in [5.74, 6) is -0.408. The van der Waals surface area contributed by atoms with Crippen molar-refractivity contribution < 1.29 is 19.1 Å². The summed E-state index contributed by atoms with van der Waals surface area (Å²) in [5.41, 5.74) is 0.982. The lowest BCUT2D eigenvalue weighted by atomic mass is 10.0. The second kappa shape index (κ2) is 7.23. The number of amides is 2. The maximum atomic E-state index is 12.3. The molecule has 0 bridgehead atoms. The van der Waals surface area contributed by atoms with Crippen LogP contribution >= 0.6 is 11.3 Å². The Morgan fingerprint density at radius 1 is 1.42 bits per heavy atom. The van der Waals surface area contributed by atoms with E-state index in [4.69, 9.17) is 9.47 Å². The van der Waals surface area contributed by atoms with E-state index in [1.807, 2.05) is 12.1 Å². The molecule has 7 nitrogen and oxygen atoms in total. The molecule has 24 heavy (non-hydrogen) atoms. The van der Waals surface area contributed by atoms with Gasteiger partial charge in [0.25, 0.3) is 0 Å². The van der Waals surface area contributed by atoms with Gasteiger partial charge in [0.15, 0.2) is 0 Å². The van der Waals surface area contributed by atoms with E-state index in [-0.39, 0.29) is 6.03 Å². The number of rotatable bonds is 4. The van der Waals surface area contributed by atoms with Crippen LogP contribution in [0.5, 0.6) is 0 Å². The zero-order valence-electron chi connectivity index (χ0n) is 13.8. The second-order valence-corrected chi connectivity index (χ2v) is 6.66. The number of esters is 1. The Kier molecular flexibility index (Phi) is 5.06. The van der Waals surface area contributed by atoms with Crippen molar-refractivity contribution in [3.8, 4) is 0 Å². The van der Waals surface area contributed by atoms with Crippen molar-refractivity contribution in [2.45, 2.75) is 19.9 Å². The van der Waals surface area contributed by atoms with Gasteiger partial charge in [-0.25, -0.2) is 9.59 Å².